The summed E-state index contributed by atoms with van der Waals surface area (Å²) in [6.07, 6.45) is 4.25. The van der Waals surface area contributed by atoms with Crippen LogP contribution in [0.5, 0.6) is 0 Å². The summed E-state index contributed by atoms with van der Waals surface area (Å²) in [5.74, 6) is -0.203. The van der Waals surface area contributed by atoms with Crippen LogP contribution in [0.3, 0.4) is 0 Å². The van der Waals surface area contributed by atoms with E-state index in [9.17, 15) is 14.0 Å². The van der Waals surface area contributed by atoms with Gasteiger partial charge in [0.05, 0.1) is 0 Å². The van der Waals surface area contributed by atoms with Crippen LogP contribution in [0.25, 0.3) is 0 Å². The first-order valence-corrected chi connectivity index (χ1v) is 9.30. The van der Waals surface area contributed by atoms with Crippen molar-refractivity contribution in [3.8, 4) is 0 Å². The largest absolute Gasteiger partial charge is 0.340 e. The Balaban J connectivity index is 1.39. The number of rotatable bonds is 7. The quantitative estimate of drug-likeness (QED) is 0.704. The molecule has 142 valence electrons. The van der Waals surface area contributed by atoms with Gasteiger partial charge in [-0.1, -0.05) is 18.2 Å². The van der Waals surface area contributed by atoms with Gasteiger partial charge in [-0.05, 0) is 30.2 Å². The van der Waals surface area contributed by atoms with E-state index in [4.69, 9.17) is 0 Å². The molecule has 0 unspecified atom stereocenters. The third-order valence-corrected chi connectivity index (χ3v) is 4.93. The molecule has 0 spiro atoms. The minimum atomic E-state index is -0.162. The van der Waals surface area contributed by atoms with Gasteiger partial charge in [0, 0.05) is 63.5 Å². The van der Waals surface area contributed by atoms with Gasteiger partial charge in [0.25, 0.3) is 0 Å². The molecule has 27 heavy (non-hydrogen) atoms. The van der Waals surface area contributed by atoms with E-state index in [-0.39, 0.29) is 30.3 Å². The summed E-state index contributed by atoms with van der Waals surface area (Å²) in [6.45, 7) is 3.63. The van der Waals surface area contributed by atoms with Crippen LogP contribution in [0.2, 0.25) is 0 Å². The van der Waals surface area contributed by atoms with Gasteiger partial charge in [0.15, 0.2) is 5.78 Å². The van der Waals surface area contributed by atoms with Crippen LogP contribution in [-0.2, 0) is 11.2 Å². The number of aromatic nitrogens is 1. The number of halogens is 1. The zero-order valence-electron chi connectivity index (χ0n) is 15.3. The maximum absolute atomic E-state index is 13.7. The molecule has 1 amide bonds. The van der Waals surface area contributed by atoms with Gasteiger partial charge in [-0.15, -0.1) is 0 Å². The highest BCUT2D eigenvalue weighted by molar-refractivity contribution is 5.97. The highest BCUT2D eigenvalue weighted by Crippen LogP contribution is 2.11. The number of carbonyl (C=O) groups is 2. The number of pyridine rings is 1. The Labute approximate surface area is 158 Å². The second-order valence-corrected chi connectivity index (χ2v) is 6.73. The molecule has 0 bridgehead atoms. The Morgan fingerprint density at radius 2 is 1.78 bits per heavy atom. The van der Waals surface area contributed by atoms with E-state index in [2.05, 4.69) is 9.88 Å². The average Bonchev–Trinajstić information content (AvgIpc) is 2.72. The molecule has 3 rings (SSSR count). The van der Waals surface area contributed by atoms with Crippen molar-refractivity contribution in [3.05, 3.63) is 65.7 Å². The van der Waals surface area contributed by atoms with E-state index in [0.717, 1.165) is 25.2 Å². The lowest BCUT2D eigenvalue weighted by Crippen LogP contribution is -2.49. The molecule has 1 aliphatic heterocycles. The van der Waals surface area contributed by atoms with Crippen molar-refractivity contribution >= 4 is 11.7 Å². The first kappa shape index (κ1) is 19.2. The van der Waals surface area contributed by atoms with Crippen LogP contribution >= 0.6 is 0 Å². The molecule has 6 heteroatoms. The Bertz CT molecular complexity index is 774. The molecule has 1 aromatic carbocycles. The van der Waals surface area contributed by atoms with Crippen molar-refractivity contribution in [2.45, 2.75) is 19.3 Å². The molecule has 1 aliphatic rings. The summed E-state index contributed by atoms with van der Waals surface area (Å²) >= 11 is 0. The Kier molecular flexibility index (Phi) is 6.65. The summed E-state index contributed by atoms with van der Waals surface area (Å²) in [5.41, 5.74) is 1.27. The fourth-order valence-electron chi connectivity index (χ4n) is 3.25. The zero-order chi connectivity index (χ0) is 19.1. The molecule has 2 aromatic rings. The molecular formula is C21H24FN3O2. The minimum absolute atomic E-state index is 0.0148. The van der Waals surface area contributed by atoms with Crippen LogP contribution in [0.1, 0.15) is 28.8 Å². The van der Waals surface area contributed by atoms with Crippen molar-refractivity contribution in [1.29, 1.82) is 0 Å². The SMILES string of the molecule is O=C(CCC(=O)N1CCN(CCc2ccccc2F)CC1)c1cccnc1. The maximum atomic E-state index is 13.7. The predicted octanol–water partition coefficient (Wildman–Crippen LogP) is 2.57. The zero-order valence-corrected chi connectivity index (χ0v) is 15.3. The van der Waals surface area contributed by atoms with Gasteiger partial charge in [-0.25, -0.2) is 4.39 Å². The Hall–Kier alpha value is -2.60. The van der Waals surface area contributed by atoms with E-state index >= 15 is 0 Å². The second-order valence-electron chi connectivity index (χ2n) is 6.73. The van der Waals surface area contributed by atoms with Gasteiger partial charge in [0.2, 0.25) is 5.91 Å². The molecule has 1 saturated heterocycles. The molecule has 0 aliphatic carbocycles. The van der Waals surface area contributed by atoms with E-state index in [1.54, 1.807) is 24.4 Å². The number of carbonyl (C=O) groups excluding carboxylic acids is 2. The van der Waals surface area contributed by atoms with Crippen molar-refractivity contribution in [3.63, 3.8) is 0 Å². The lowest BCUT2D eigenvalue weighted by Gasteiger charge is -2.34. The molecule has 1 aromatic heterocycles. The van der Waals surface area contributed by atoms with Gasteiger partial charge in [0.1, 0.15) is 5.82 Å². The topological polar surface area (TPSA) is 53.5 Å². The van der Waals surface area contributed by atoms with Gasteiger partial charge < -0.3 is 4.90 Å². The van der Waals surface area contributed by atoms with Gasteiger partial charge >= 0.3 is 0 Å². The van der Waals surface area contributed by atoms with Crippen molar-refractivity contribution in [2.75, 3.05) is 32.7 Å². The molecule has 5 nitrogen and oxygen atoms in total. The van der Waals surface area contributed by atoms with E-state index in [1.165, 1.54) is 12.3 Å². The lowest BCUT2D eigenvalue weighted by atomic mass is 10.1. The molecular weight excluding hydrogens is 345 g/mol. The van der Waals surface area contributed by atoms with Gasteiger partial charge in [-0.2, -0.15) is 0 Å². The van der Waals surface area contributed by atoms with Crippen LogP contribution in [-0.4, -0.2) is 59.2 Å². The highest BCUT2D eigenvalue weighted by atomic mass is 19.1. The maximum Gasteiger partial charge on any atom is 0.223 e. The molecule has 1 fully saturated rings. The second kappa shape index (κ2) is 9.37. The summed E-state index contributed by atoms with van der Waals surface area (Å²) in [5, 5.41) is 0. The van der Waals surface area contributed by atoms with Crippen molar-refractivity contribution in [1.82, 2.24) is 14.8 Å². The monoisotopic (exact) mass is 369 g/mol. The van der Waals surface area contributed by atoms with Gasteiger partial charge in [-0.3, -0.25) is 19.5 Å². The standard InChI is InChI=1S/C21H24FN3O2/c22-19-6-2-1-4-17(19)9-11-24-12-14-25(15-13-24)21(27)8-7-20(26)18-5-3-10-23-16-18/h1-6,10,16H,7-9,11-15H2. The van der Waals surface area contributed by atoms with Crippen LogP contribution in [0.4, 0.5) is 4.39 Å². The van der Waals surface area contributed by atoms with Crippen LogP contribution in [0, 0.1) is 5.82 Å². The summed E-state index contributed by atoms with van der Waals surface area (Å²) < 4.78 is 13.7. The predicted molar refractivity (Wildman–Crippen MR) is 101 cm³/mol. The number of piperazine rings is 1. The molecule has 0 N–H and O–H groups in total. The fraction of sp³-hybridized carbons (Fsp3) is 0.381. The van der Waals surface area contributed by atoms with E-state index in [0.29, 0.717) is 25.1 Å². The summed E-state index contributed by atoms with van der Waals surface area (Å²) in [6, 6.07) is 10.3. The normalized spacial score (nSPS) is 14.9. The highest BCUT2D eigenvalue weighted by Gasteiger charge is 2.21. The van der Waals surface area contributed by atoms with E-state index < -0.39 is 0 Å². The van der Waals surface area contributed by atoms with Crippen molar-refractivity contribution < 1.29 is 14.0 Å². The average molecular weight is 369 g/mol. The summed E-state index contributed by atoms with van der Waals surface area (Å²) in [4.78, 5) is 32.4. The van der Waals surface area contributed by atoms with Crippen molar-refractivity contribution in [2.24, 2.45) is 0 Å². The van der Waals surface area contributed by atoms with E-state index in [1.807, 2.05) is 17.0 Å². The lowest BCUT2D eigenvalue weighted by molar-refractivity contribution is -0.132. The van der Waals surface area contributed by atoms with Crippen LogP contribution < -0.4 is 0 Å². The molecule has 0 radical (unpaired) electrons. The number of benzene rings is 1. The number of amides is 1. The number of nitrogens with zero attached hydrogens (tertiary/aromatic N) is 3. The smallest absolute Gasteiger partial charge is 0.223 e. The Morgan fingerprint density at radius 1 is 1.00 bits per heavy atom. The summed E-state index contributed by atoms with van der Waals surface area (Å²) in [7, 11) is 0. The first-order valence-electron chi connectivity index (χ1n) is 9.30. The third kappa shape index (κ3) is 5.44. The minimum Gasteiger partial charge on any atom is -0.340 e. The Morgan fingerprint density at radius 3 is 2.48 bits per heavy atom. The molecule has 0 atom stereocenters. The number of Topliss-reactive ketones (excluding diaryl/α,β-unsaturated/α-hetero) is 1. The number of ketones is 1. The first-order chi connectivity index (χ1) is 13.1. The number of hydrogen-bond donors (Lipinski definition) is 0. The number of hydrogen-bond acceptors (Lipinski definition) is 4. The molecule has 0 saturated carbocycles. The molecule has 2 heterocycles. The third-order valence-electron chi connectivity index (χ3n) is 4.93. The van der Waals surface area contributed by atoms with Crippen LogP contribution in [0.15, 0.2) is 48.8 Å². The fourth-order valence-corrected chi connectivity index (χ4v) is 3.25.